The van der Waals surface area contributed by atoms with Crippen molar-refractivity contribution in [2.45, 2.75) is 10.8 Å². The van der Waals surface area contributed by atoms with Crippen LogP contribution in [0.5, 0.6) is 0 Å². The first-order chi connectivity index (χ1) is 9.42. The van der Waals surface area contributed by atoms with Crippen molar-refractivity contribution in [2.75, 3.05) is 11.8 Å². The van der Waals surface area contributed by atoms with Gasteiger partial charge in [-0.15, -0.1) is 11.3 Å². The molecule has 1 aromatic heterocycles. The van der Waals surface area contributed by atoms with Crippen molar-refractivity contribution < 1.29 is 8.42 Å². The van der Waals surface area contributed by atoms with Crippen LogP contribution in [0.15, 0.2) is 33.9 Å². The minimum absolute atomic E-state index is 0.244. The summed E-state index contributed by atoms with van der Waals surface area (Å²) in [6.45, 7) is 0.619. The molecule has 0 atom stereocenters. The Bertz CT molecular complexity index is 714. The average Bonchev–Trinajstić information content (AvgIpc) is 2.83. The van der Waals surface area contributed by atoms with E-state index in [0.717, 1.165) is 5.56 Å². The van der Waals surface area contributed by atoms with Gasteiger partial charge in [0, 0.05) is 11.6 Å². The molecule has 0 aliphatic rings. The van der Waals surface area contributed by atoms with Crippen molar-refractivity contribution in [3.63, 3.8) is 0 Å². The van der Waals surface area contributed by atoms with Gasteiger partial charge < -0.3 is 5.32 Å². The van der Waals surface area contributed by atoms with Crippen LogP contribution in [0.4, 0.5) is 5.69 Å². The van der Waals surface area contributed by atoms with E-state index in [1.807, 2.05) is 0 Å². The number of sulfonamides is 1. The Hall–Kier alpha value is -0.790. The van der Waals surface area contributed by atoms with Gasteiger partial charge in [-0.05, 0) is 42.3 Å². The quantitative estimate of drug-likeness (QED) is 0.866. The fourth-order valence-corrected chi connectivity index (χ4v) is 4.36. The van der Waals surface area contributed by atoms with Crippen molar-refractivity contribution >= 4 is 50.2 Å². The van der Waals surface area contributed by atoms with Crippen LogP contribution in [0.2, 0.25) is 10.0 Å². The molecule has 8 heteroatoms. The molecule has 0 fully saturated rings. The highest BCUT2D eigenvalue weighted by Crippen LogP contribution is 2.29. The summed E-state index contributed by atoms with van der Waals surface area (Å²) in [5, 5.41) is 5.48. The van der Waals surface area contributed by atoms with Crippen molar-refractivity contribution in [3.05, 3.63) is 45.3 Å². The predicted molar refractivity (Wildman–Crippen MR) is 84.4 cm³/mol. The highest BCUT2D eigenvalue weighted by molar-refractivity contribution is 7.94. The summed E-state index contributed by atoms with van der Waals surface area (Å²) in [6, 6.07) is 6.23. The van der Waals surface area contributed by atoms with Crippen molar-refractivity contribution in [1.82, 2.24) is 5.32 Å². The highest BCUT2D eigenvalue weighted by Gasteiger charge is 2.18. The van der Waals surface area contributed by atoms with Gasteiger partial charge in [-0.1, -0.05) is 23.2 Å². The van der Waals surface area contributed by atoms with E-state index in [2.05, 4.69) is 10.0 Å². The summed E-state index contributed by atoms with van der Waals surface area (Å²) in [5.74, 6) is 0. The third-order valence-electron chi connectivity index (χ3n) is 2.45. The predicted octanol–water partition coefficient (Wildman–Crippen LogP) is 3.58. The number of nitrogens with one attached hydrogen (secondary N) is 2. The first-order valence-electron chi connectivity index (χ1n) is 5.62. The van der Waals surface area contributed by atoms with E-state index >= 15 is 0 Å². The topological polar surface area (TPSA) is 58.2 Å². The Morgan fingerprint density at radius 1 is 1.25 bits per heavy atom. The monoisotopic (exact) mass is 350 g/mol. The smallest absolute Gasteiger partial charge is 0.271 e. The van der Waals surface area contributed by atoms with E-state index in [4.69, 9.17) is 23.2 Å². The Balaban J connectivity index is 2.26. The van der Waals surface area contributed by atoms with Gasteiger partial charge in [-0.3, -0.25) is 4.72 Å². The van der Waals surface area contributed by atoms with E-state index < -0.39 is 10.0 Å². The summed E-state index contributed by atoms with van der Waals surface area (Å²) in [7, 11) is -1.83. The summed E-state index contributed by atoms with van der Waals surface area (Å²) in [5.41, 5.74) is 1.22. The SMILES string of the molecule is CNCc1csc(S(=O)(=O)Nc2ccc(Cl)cc2Cl)c1. The molecule has 1 heterocycles. The lowest BCUT2D eigenvalue weighted by Gasteiger charge is -2.08. The Labute approximate surface area is 131 Å². The molecule has 0 bridgehead atoms. The molecule has 4 nitrogen and oxygen atoms in total. The van der Waals surface area contributed by atoms with Crippen LogP contribution in [0.3, 0.4) is 0 Å². The molecule has 20 heavy (non-hydrogen) atoms. The maximum Gasteiger partial charge on any atom is 0.271 e. The fraction of sp³-hybridized carbons (Fsp3) is 0.167. The molecular formula is C12H12Cl2N2O2S2. The second-order valence-electron chi connectivity index (χ2n) is 4.03. The largest absolute Gasteiger partial charge is 0.316 e. The van der Waals surface area contributed by atoms with Crippen molar-refractivity contribution in [2.24, 2.45) is 0 Å². The van der Waals surface area contributed by atoms with Crippen LogP contribution in [-0.4, -0.2) is 15.5 Å². The maximum atomic E-state index is 12.2. The number of anilines is 1. The lowest BCUT2D eigenvalue weighted by Crippen LogP contribution is -2.12. The molecule has 108 valence electrons. The summed E-state index contributed by atoms with van der Waals surface area (Å²) in [4.78, 5) is 0. The molecule has 2 rings (SSSR count). The summed E-state index contributed by atoms with van der Waals surface area (Å²) in [6.07, 6.45) is 0. The third-order valence-corrected chi connectivity index (χ3v) is 5.85. The molecule has 0 radical (unpaired) electrons. The summed E-state index contributed by atoms with van der Waals surface area (Å²) < 4.78 is 27.2. The van der Waals surface area contributed by atoms with Crippen molar-refractivity contribution in [1.29, 1.82) is 0 Å². The van der Waals surface area contributed by atoms with Crippen LogP contribution in [0, 0.1) is 0 Å². The van der Waals surface area contributed by atoms with Gasteiger partial charge in [0.15, 0.2) is 0 Å². The molecule has 2 aromatic rings. The Morgan fingerprint density at radius 2 is 2.00 bits per heavy atom. The number of rotatable bonds is 5. The van der Waals surface area contributed by atoms with Crippen LogP contribution in [-0.2, 0) is 16.6 Å². The van der Waals surface area contributed by atoms with E-state index in [9.17, 15) is 8.42 Å². The van der Waals surface area contributed by atoms with Crippen LogP contribution in [0.1, 0.15) is 5.56 Å². The zero-order valence-electron chi connectivity index (χ0n) is 10.5. The first-order valence-corrected chi connectivity index (χ1v) is 8.74. The number of hydrogen-bond donors (Lipinski definition) is 2. The van der Waals surface area contributed by atoms with E-state index in [1.54, 1.807) is 24.6 Å². The molecule has 0 aliphatic heterocycles. The Kier molecular flexibility index (Phi) is 4.93. The van der Waals surface area contributed by atoms with Gasteiger partial charge in [0.2, 0.25) is 0 Å². The average molecular weight is 351 g/mol. The van der Waals surface area contributed by atoms with E-state index in [-0.39, 0.29) is 9.23 Å². The lowest BCUT2D eigenvalue weighted by molar-refractivity contribution is 0.603. The number of halogens is 2. The minimum Gasteiger partial charge on any atom is -0.316 e. The molecule has 0 unspecified atom stereocenters. The van der Waals surface area contributed by atoms with Gasteiger partial charge in [0.1, 0.15) is 4.21 Å². The van der Waals surface area contributed by atoms with Crippen molar-refractivity contribution in [3.8, 4) is 0 Å². The van der Waals surface area contributed by atoms with Gasteiger partial charge in [0.25, 0.3) is 10.0 Å². The van der Waals surface area contributed by atoms with Gasteiger partial charge in [0.05, 0.1) is 10.7 Å². The maximum absolute atomic E-state index is 12.2. The van der Waals surface area contributed by atoms with Gasteiger partial charge >= 0.3 is 0 Å². The molecule has 0 saturated heterocycles. The zero-order chi connectivity index (χ0) is 14.8. The molecule has 0 amide bonds. The number of benzene rings is 1. The highest BCUT2D eigenvalue weighted by atomic mass is 35.5. The standard InChI is InChI=1S/C12H12Cl2N2O2S2/c1-15-6-8-4-12(19-7-8)20(17,18)16-11-3-2-9(13)5-10(11)14/h2-5,7,15-16H,6H2,1H3. The van der Waals surface area contributed by atoms with Gasteiger partial charge in [-0.25, -0.2) is 8.42 Å². The third kappa shape index (κ3) is 3.65. The van der Waals surface area contributed by atoms with E-state index in [1.165, 1.54) is 23.5 Å². The summed E-state index contributed by atoms with van der Waals surface area (Å²) >= 11 is 12.9. The van der Waals surface area contributed by atoms with Crippen LogP contribution >= 0.6 is 34.5 Å². The first kappa shape index (κ1) is 15.6. The fourth-order valence-electron chi connectivity index (χ4n) is 1.56. The second kappa shape index (κ2) is 6.32. The normalized spacial score (nSPS) is 11.6. The zero-order valence-corrected chi connectivity index (χ0v) is 13.6. The number of hydrogen-bond acceptors (Lipinski definition) is 4. The van der Waals surface area contributed by atoms with Gasteiger partial charge in [-0.2, -0.15) is 0 Å². The minimum atomic E-state index is -3.63. The molecule has 0 aliphatic carbocycles. The molecule has 1 aromatic carbocycles. The molecule has 0 saturated carbocycles. The number of thiophene rings is 1. The molecular weight excluding hydrogens is 339 g/mol. The molecule has 0 spiro atoms. The van der Waals surface area contributed by atoms with Crippen LogP contribution < -0.4 is 10.0 Å². The molecule has 2 N–H and O–H groups in total. The van der Waals surface area contributed by atoms with E-state index in [0.29, 0.717) is 17.3 Å². The lowest BCUT2D eigenvalue weighted by atomic mass is 10.3. The second-order valence-corrected chi connectivity index (χ2v) is 7.70. The Morgan fingerprint density at radius 3 is 2.65 bits per heavy atom. The van der Waals surface area contributed by atoms with Crippen LogP contribution in [0.25, 0.3) is 0 Å².